The molecule has 0 aromatic carbocycles. The number of carboxylic acid groups (broad SMARTS) is 2. The Morgan fingerprint density at radius 1 is 0.707 bits per heavy atom. The minimum absolute atomic E-state index is 0.108. The number of amides is 2. The molecule has 1 aromatic heterocycles. The first kappa shape index (κ1) is 36.0. The van der Waals surface area contributed by atoms with Crippen LogP contribution < -0.4 is 10.6 Å². The van der Waals surface area contributed by atoms with Gasteiger partial charge in [-0.05, 0) is 39.0 Å². The lowest BCUT2D eigenvalue weighted by Gasteiger charge is -2.17. The number of hydrogen-bond donors (Lipinski definition) is 4. The molecule has 11 nitrogen and oxygen atoms in total. The summed E-state index contributed by atoms with van der Waals surface area (Å²) in [6.45, 7) is 4.66. The van der Waals surface area contributed by atoms with E-state index < -0.39 is 29.9 Å². The Morgan fingerprint density at radius 3 is 1.68 bits per heavy atom. The van der Waals surface area contributed by atoms with Crippen LogP contribution in [0.25, 0.3) is 0 Å². The van der Waals surface area contributed by atoms with Crippen molar-refractivity contribution >= 4 is 23.8 Å². The number of unbranched alkanes of at least 4 members (excludes halogenated alkanes) is 13. The highest BCUT2D eigenvalue weighted by molar-refractivity contribution is 5.86. The van der Waals surface area contributed by atoms with Gasteiger partial charge < -0.3 is 20.8 Å². The standard InChI is InChI=1S/C30H53N5O6/c1-3-4-5-6-7-8-9-10-11-12-13-14-15-19-27(36)32-26(30(40)41)20-21-28(37)31-25(29(38)39)18-16-17-22-35-23-24(2)33-34-35/h23,25-26H,3-22H2,1-2H3,(H,31,37)(H,32,36)(H,38,39)(H,40,41)/t25-,26-/m0/s1. The highest BCUT2D eigenvalue weighted by Gasteiger charge is 2.23. The Labute approximate surface area is 245 Å². The zero-order chi connectivity index (χ0) is 30.3. The fourth-order valence-corrected chi connectivity index (χ4v) is 4.75. The molecule has 1 heterocycles. The van der Waals surface area contributed by atoms with Gasteiger partial charge in [-0.1, -0.05) is 89.2 Å². The van der Waals surface area contributed by atoms with Crippen molar-refractivity contribution in [1.82, 2.24) is 25.6 Å². The predicted octanol–water partition coefficient (Wildman–Crippen LogP) is 5.16. The van der Waals surface area contributed by atoms with Gasteiger partial charge in [0, 0.05) is 25.6 Å². The Bertz CT molecular complexity index is 890. The van der Waals surface area contributed by atoms with Crippen molar-refractivity contribution in [2.75, 3.05) is 0 Å². The van der Waals surface area contributed by atoms with Crippen molar-refractivity contribution in [2.45, 2.75) is 154 Å². The molecule has 4 N–H and O–H groups in total. The van der Waals surface area contributed by atoms with E-state index in [-0.39, 0.29) is 31.6 Å². The van der Waals surface area contributed by atoms with Gasteiger partial charge in [-0.3, -0.25) is 14.3 Å². The Kier molecular flexibility index (Phi) is 19.9. The minimum Gasteiger partial charge on any atom is -0.480 e. The summed E-state index contributed by atoms with van der Waals surface area (Å²) in [5, 5.41) is 31.7. The molecule has 0 fully saturated rings. The van der Waals surface area contributed by atoms with Crippen molar-refractivity contribution in [1.29, 1.82) is 0 Å². The lowest BCUT2D eigenvalue weighted by molar-refractivity contribution is -0.143. The first-order chi connectivity index (χ1) is 19.7. The molecule has 0 aliphatic rings. The zero-order valence-electron chi connectivity index (χ0n) is 25.2. The fourth-order valence-electron chi connectivity index (χ4n) is 4.75. The number of carboxylic acids is 2. The van der Waals surface area contributed by atoms with Gasteiger partial charge in [0.25, 0.3) is 0 Å². The van der Waals surface area contributed by atoms with Crippen molar-refractivity contribution in [3.8, 4) is 0 Å². The number of aryl methyl sites for hydroxylation is 2. The van der Waals surface area contributed by atoms with Crippen LogP contribution in [-0.4, -0.2) is 61.0 Å². The monoisotopic (exact) mass is 579 g/mol. The molecule has 0 aliphatic heterocycles. The van der Waals surface area contributed by atoms with Crippen molar-refractivity contribution in [2.24, 2.45) is 0 Å². The maximum Gasteiger partial charge on any atom is 0.326 e. The summed E-state index contributed by atoms with van der Waals surface area (Å²) in [5.41, 5.74) is 0.802. The van der Waals surface area contributed by atoms with Gasteiger partial charge in [0.05, 0.1) is 5.69 Å². The molecule has 0 unspecified atom stereocenters. The molecule has 2 atom stereocenters. The summed E-state index contributed by atoms with van der Waals surface area (Å²) >= 11 is 0. The lowest BCUT2D eigenvalue weighted by Crippen LogP contribution is -2.43. The fraction of sp³-hybridized carbons (Fsp3) is 0.800. The second kappa shape index (κ2) is 22.7. The summed E-state index contributed by atoms with van der Waals surface area (Å²) < 4.78 is 1.68. The third kappa shape index (κ3) is 18.9. The number of hydrogen-bond acceptors (Lipinski definition) is 6. The summed E-state index contributed by atoms with van der Waals surface area (Å²) in [5.74, 6) is -3.25. The summed E-state index contributed by atoms with van der Waals surface area (Å²) in [4.78, 5) is 47.8. The van der Waals surface area contributed by atoms with Gasteiger partial charge >= 0.3 is 11.9 Å². The van der Waals surface area contributed by atoms with E-state index in [1.54, 1.807) is 10.9 Å². The molecule has 0 saturated heterocycles. The Hall–Kier alpha value is -2.98. The van der Waals surface area contributed by atoms with Gasteiger partial charge in [-0.2, -0.15) is 0 Å². The number of aromatic nitrogens is 3. The number of carbonyl (C=O) groups excluding carboxylic acids is 2. The molecule has 0 aliphatic carbocycles. The molecule has 41 heavy (non-hydrogen) atoms. The molecule has 0 bridgehead atoms. The summed E-state index contributed by atoms with van der Waals surface area (Å²) in [6, 6.07) is -2.25. The number of rotatable bonds is 26. The van der Waals surface area contributed by atoms with Gasteiger partial charge in [0.1, 0.15) is 12.1 Å². The van der Waals surface area contributed by atoms with Crippen LogP contribution in [0.2, 0.25) is 0 Å². The van der Waals surface area contributed by atoms with Crippen LogP contribution in [0.5, 0.6) is 0 Å². The summed E-state index contributed by atoms with van der Waals surface area (Å²) in [6.07, 6.45) is 18.8. The predicted molar refractivity (Wildman–Crippen MR) is 157 cm³/mol. The quantitative estimate of drug-likeness (QED) is 0.109. The molecule has 1 rings (SSSR count). The third-order valence-corrected chi connectivity index (χ3v) is 7.22. The van der Waals surface area contributed by atoms with Gasteiger partial charge in [0.15, 0.2) is 0 Å². The van der Waals surface area contributed by atoms with E-state index in [1.807, 2.05) is 6.92 Å². The maximum atomic E-state index is 12.3. The van der Waals surface area contributed by atoms with Crippen molar-refractivity contribution < 1.29 is 29.4 Å². The molecule has 1 aromatic rings. The van der Waals surface area contributed by atoms with E-state index in [2.05, 4.69) is 27.9 Å². The lowest BCUT2D eigenvalue weighted by atomic mass is 10.0. The van der Waals surface area contributed by atoms with Crippen LogP contribution in [0, 0.1) is 6.92 Å². The number of carbonyl (C=O) groups is 4. The van der Waals surface area contributed by atoms with E-state index in [9.17, 15) is 29.4 Å². The molecule has 11 heteroatoms. The van der Waals surface area contributed by atoms with Gasteiger partial charge in [-0.25, -0.2) is 9.59 Å². The average molecular weight is 580 g/mol. The van der Waals surface area contributed by atoms with E-state index in [1.165, 1.54) is 57.8 Å². The third-order valence-electron chi connectivity index (χ3n) is 7.22. The van der Waals surface area contributed by atoms with Crippen LogP contribution >= 0.6 is 0 Å². The first-order valence-electron chi connectivity index (χ1n) is 15.6. The SMILES string of the molecule is CCCCCCCCCCCCCCCC(=O)N[C@@H](CCC(=O)N[C@@H](CCCCn1cc(C)nn1)C(=O)O)C(=O)O. The second-order valence-electron chi connectivity index (χ2n) is 11.1. The highest BCUT2D eigenvalue weighted by Crippen LogP contribution is 2.13. The van der Waals surface area contributed by atoms with Crippen molar-refractivity contribution in [3.63, 3.8) is 0 Å². The summed E-state index contributed by atoms with van der Waals surface area (Å²) in [7, 11) is 0. The first-order valence-corrected chi connectivity index (χ1v) is 15.6. The van der Waals surface area contributed by atoms with Crippen LogP contribution in [0.4, 0.5) is 0 Å². The maximum absolute atomic E-state index is 12.3. The Balaban J connectivity index is 2.18. The van der Waals surface area contributed by atoms with Crippen molar-refractivity contribution in [3.05, 3.63) is 11.9 Å². The van der Waals surface area contributed by atoms with E-state index in [4.69, 9.17) is 0 Å². The molecule has 0 spiro atoms. The van der Waals surface area contributed by atoms with Crippen LogP contribution in [0.1, 0.15) is 135 Å². The molecular formula is C30H53N5O6. The topological polar surface area (TPSA) is 164 Å². The molecule has 0 radical (unpaired) electrons. The van der Waals surface area contributed by atoms with Gasteiger partial charge in [0.2, 0.25) is 11.8 Å². The number of nitrogens with one attached hydrogen (secondary N) is 2. The minimum atomic E-state index is -1.21. The van der Waals surface area contributed by atoms with Crippen LogP contribution in [0.15, 0.2) is 6.20 Å². The molecular weight excluding hydrogens is 526 g/mol. The van der Waals surface area contributed by atoms with E-state index >= 15 is 0 Å². The normalized spacial score (nSPS) is 12.5. The van der Waals surface area contributed by atoms with E-state index in [0.29, 0.717) is 25.8 Å². The average Bonchev–Trinajstić information content (AvgIpc) is 3.35. The molecule has 234 valence electrons. The second-order valence-corrected chi connectivity index (χ2v) is 11.1. The molecule has 2 amide bonds. The largest absolute Gasteiger partial charge is 0.480 e. The van der Waals surface area contributed by atoms with Crippen LogP contribution in [0.3, 0.4) is 0 Å². The Morgan fingerprint density at radius 2 is 1.20 bits per heavy atom. The van der Waals surface area contributed by atoms with Crippen LogP contribution in [-0.2, 0) is 25.7 Å². The number of aliphatic carboxylic acids is 2. The smallest absolute Gasteiger partial charge is 0.326 e. The van der Waals surface area contributed by atoms with E-state index in [0.717, 1.165) is 25.0 Å². The highest BCUT2D eigenvalue weighted by atomic mass is 16.4. The van der Waals surface area contributed by atoms with Gasteiger partial charge in [-0.15, -0.1) is 5.10 Å². The number of nitrogens with zero attached hydrogens (tertiary/aromatic N) is 3. The zero-order valence-corrected chi connectivity index (χ0v) is 25.2. The molecule has 0 saturated carbocycles.